The van der Waals surface area contributed by atoms with Gasteiger partial charge in [0.05, 0.1) is 25.9 Å². The molecule has 0 spiro atoms. The second kappa shape index (κ2) is 10.8. The molecule has 4 aliphatic rings. The molecule has 0 bridgehead atoms. The molecule has 1 aliphatic carbocycles. The van der Waals surface area contributed by atoms with Crippen molar-refractivity contribution in [2.24, 2.45) is 23.2 Å². The highest BCUT2D eigenvalue weighted by Gasteiger charge is 2.64. The van der Waals surface area contributed by atoms with Crippen LogP contribution in [0.5, 0.6) is 0 Å². The minimum Gasteiger partial charge on any atom is -0.468 e. The molecule has 1 aromatic carbocycles. The Labute approximate surface area is 234 Å². The summed E-state index contributed by atoms with van der Waals surface area (Å²) < 4.78 is 12.1. The monoisotopic (exact) mass is 562 g/mol. The van der Waals surface area contributed by atoms with Crippen LogP contribution in [0.2, 0.25) is 10.0 Å². The van der Waals surface area contributed by atoms with Gasteiger partial charge in [-0.2, -0.15) is 0 Å². The molecule has 9 heteroatoms. The van der Waals surface area contributed by atoms with Crippen molar-refractivity contribution in [3.05, 3.63) is 45.6 Å². The predicted octanol–water partition coefficient (Wildman–Crippen LogP) is 5.23. The van der Waals surface area contributed by atoms with E-state index in [-0.39, 0.29) is 49.1 Å². The first kappa shape index (κ1) is 27.5. The fraction of sp³-hybridized carbons (Fsp3) is 0.621. The molecule has 3 aliphatic heterocycles. The number of esters is 1. The van der Waals surface area contributed by atoms with E-state index in [9.17, 15) is 14.4 Å². The molecule has 2 amide bonds. The number of amides is 2. The molecule has 2 saturated heterocycles. The number of hydrogen-bond acceptors (Lipinski definition) is 5. The standard InChI is InChI=1S/C29H36Cl2N2O5/c1-17(2)23-14-24-29(28(36)37-3,26(38-23)18-6-7-18)15-20(12-25(34)32-10-4-5-11-32)27(35)33(24)16-19-8-9-21(30)13-22(19)31/h8-9,13-14,17-18,20,23,26H,4-7,10-12,15-16H2,1-3H3/t20-,23+,26+,29+/m0/s1. The quantitative estimate of drug-likeness (QED) is 0.425. The summed E-state index contributed by atoms with van der Waals surface area (Å²) in [5.41, 5.74) is 0.155. The lowest BCUT2D eigenvalue weighted by Gasteiger charge is -2.53. The molecule has 1 saturated carbocycles. The van der Waals surface area contributed by atoms with Gasteiger partial charge in [-0.25, -0.2) is 0 Å². The normalized spacial score (nSPS) is 29.4. The van der Waals surface area contributed by atoms with Gasteiger partial charge < -0.3 is 19.3 Å². The van der Waals surface area contributed by atoms with Crippen molar-refractivity contribution in [1.29, 1.82) is 0 Å². The number of nitrogens with zero attached hydrogens (tertiary/aromatic N) is 2. The molecule has 38 heavy (non-hydrogen) atoms. The minimum atomic E-state index is -1.18. The molecular formula is C29H36Cl2N2O5. The number of methoxy groups -OCH3 is 1. The number of likely N-dealkylation sites (tertiary alicyclic amines) is 2. The van der Waals surface area contributed by atoms with E-state index in [4.69, 9.17) is 32.7 Å². The van der Waals surface area contributed by atoms with Crippen LogP contribution >= 0.6 is 23.2 Å². The van der Waals surface area contributed by atoms with Crippen LogP contribution in [0.4, 0.5) is 0 Å². The number of rotatable bonds is 7. The Kier molecular flexibility index (Phi) is 7.82. The Morgan fingerprint density at radius 3 is 2.50 bits per heavy atom. The molecule has 0 aromatic heterocycles. The van der Waals surface area contributed by atoms with Crippen LogP contribution in [0.15, 0.2) is 30.0 Å². The SMILES string of the molecule is COC(=O)[C@]12C[C@H](CC(=O)N3CCCC3)C(=O)N(Cc3ccc(Cl)cc3Cl)C1=C[C@H](C(C)C)O[C@@H]2C1CC1. The summed E-state index contributed by atoms with van der Waals surface area (Å²) in [4.78, 5) is 44.8. The Bertz CT molecular complexity index is 1140. The first-order valence-corrected chi connectivity index (χ1v) is 14.4. The fourth-order valence-electron chi connectivity index (χ4n) is 6.34. The molecule has 3 fully saturated rings. The lowest BCUT2D eigenvalue weighted by atomic mass is 9.64. The van der Waals surface area contributed by atoms with Crippen molar-refractivity contribution in [1.82, 2.24) is 9.80 Å². The second-order valence-corrected chi connectivity index (χ2v) is 12.3. The third-order valence-corrected chi connectivity index (χ3v) is 9.11. The number of benzene rings is 1. The summed E-state index contributed by atoms with van der Waals surface area (Å²) in [6.07, 6.45) is 5.35. The van der Waals surface area contributed by atoms with Crippen LogP contribution in [-0.2, 0) is 30.4 Å². The van der Waals surface area contributed by atoms with E-state index in [1.807, 2.05) is 11.0 Å². The summed E-state index contributed by atoms with van der Waals surface area (Å²) in [6.45, 7) is 5.72. The predicted molar refractivity (Wildman–Crippen MR) is 144 cm³/mol. The maximum absolute atomic E-state index is 14.2. The zero-order valence-corrected chi connectivity index (χ0v) is 23.8. The molecule has 7 nitrogen and oxygen atoms in total. The number of hydrogen-bond donors (Lipinski definition) is 0. The van der Waals surface area contributed by atoms with Gasteiger partial charge in [0.2, 0.25) is 11.8 Å². The van der Waals surface area contributed by atoms with Crippen LogP contribution in [-0.4, -0.2) is 60.0 Å². The van der Waals surface area contributed by atoms with Gasteiger partial charge in [0.15, 0.2) is 0 Å². The molecular weight excluding hydrogens is 527 g/mol. The van der Waals surface area contributed by atoms with Crippen molar-refractivity contribution >= 4 is 41.0 Å². The highest BCUT2D eigenvalue weighted by Crippen LogP contribution is 2.57. The number of halogens is 2. The summed E-state index contributed by atoms with van der Waals surface area (Å²) >= 11 is 12.7. The lowest BCUT2D eigenvalue weighted by Crippen LogP contribution is -2.61. The maximum atomic E-state index is 14.2. The first-order chi connectivity index (χ1) is 18.1. The van der Waals surface area contributed by atoms with Crippen molar-refractivity contribution in [2.45, 2.75) is 71.1 Å². The molecule has 5 rings (SSSR count). The summed E-state index contributed by atoms with van der Waals surface area (Å²) in [7, 11) is 1.38. The van der Waals surface area contributed by atoms with Gasteiger partial charge in [0.25, 0.3) is 0 Å². The Morgan fingerprint density at radius 2 is 1.89 bits per heavy atom. The van der Waals surface area contributed by atoms with Crippen molar-refractivity contribution in [3.8, 4) is 0 Å². The molecule has 3 heterocycles. The molecule has 0 N–H and O–H groups in total. The Morgan fingerprint density at radius 1 is 1.18 bits per heavy atom. The van der Waals surface area contributed by atoms with Crippen molar-refractivity contribution in [3.63, 3.8) is 0 Å². The topological polar surface area (TPSA) is 76.2 Å². The average Bonchev–Trinajstić information content (AvgIpc) is 3.58. The zero-order valence-electron chi connectivity index (χ0n) is 22.3. The molecule has 0 unspecified atom stereocenters. The third-order valence-electron chi connectivity index (χ3n) is 8.52. The van der Waals surface area contributed by atoms with Gasteiger partial charge in [-0.05, 0) is 67.7 Å². The first-order valence-electron chi connectivity index (χ1n) is 13.6. The minimum absolute atomic E-state index is 0.0440. The van der Waals surface area contributed by atoms with E-state index >= 15 is 0 Å². The average molecular weight is 564 g/mol. The van der Waals surface area contributed by atoms with Crippen molar-refractivity contribution in [2.75, 3.05) is 20.2 Å². The molecule has 1 aromatic rings. The summed E-state index contributed by atoms with van der Waals surface area (Å²) in [5, 5.41) is 0.941. The van der Waals surface area contributed by atoms with E-state index in [0.717, 1.165) is 25.7 Å². The van der Waals surface area contributed by atoms with Gasteiger partial charge >= 0.3 is 5.97 Å². The van der Waals surface area contributed by atoms with E-state index in [0.29, 0.717) is 34.4 Å². The maximum Gasteiger partial charge on any atom is 0.320 e. The molecule has 206 valence electrons. The third kappa shape index (κ3) is 4.98. The van der Waals surface area contributed by atoms with Crippen LogP contribution in [0.3, 0.4) is 0 Å². The lowest BCUT2D eigenvalue weighted by molar-refractivity contribution is -0.182. The number of fused-ring (bicyclic) bond motifs is 1. The van der Waals surface area contributed by atoms with Gasteiger partial charge in [0.1, 0.15) is 5.41 Å². The van der Waals surface area contributed by atoms with Gasteiger partial charge in [-0.1, -0.05) is 43.1 Å². The number of carbonyl (C=O) groups excluding carboxylic acids is 3. The number of carbonyl (C=O) groups is 3. The van der Waals surface area contributed by atoms with E-state index in [2.05, 4.69) is 13.8 Å². The Balaban J connectivity index is 1.61. The number of ether oxygens (including phenoxy) is 2. The highest BCUT2D eigenvalue weighted by atomic mass is 35.5. The largest absolute Gasteiger partial charge is 0.468 e. The number of piperidine rings is 1. The zero-order chi connectivity index (χ0) is 27.2. The fourth-order valence-corrected chi connectivity index (χ4v) is 6.81. The van der Waals surface area contributed by atoms with Crippen LogP contribution < -0.4 is 0 Å². The second-order valence-electron chi connectivity index (χ2n) is 11.5. The van der Waals surface area contributed by atoms with E-state index < -0.39 is 23.4 Å². The van der Waals surface area contributed by atoms with Gasteiger partial charge in [-0.15, -0.1) is 0 Å². The molecule has 4 atom stereocenters. The van der Waals surface area contributed by atoms with Crippen LogP contribution in [0, 0.1) is 23.2 Å². The summed E-state index contributed by atoms with van der Waals surface area (Å²) in [6, 6.07) is 5.19. The highest BCUT2D eigenvalue weighted by molar-refractivity contribution is 6.35. The van der Waals surface area contributed by atoms with Gasteiger partial charge in [0, 0.05) is 41.2 Å². The smallest absolute Gasteiger partial charge is 0.320 e. The van der Waals surface area contributed by atoms with Crippen LogP contribution in [0.25, 0.3) is 0 Å². The van der Waals surface area contributed by atoms with E-state index in [1.165, 1.54) is 7.11 Å². The summed E-state index contributed by atoms with van der Waals surface area (Å²) in [5.74, 6) is -0.967. The molecule has 0 radical (unpaired) electrons. The van der Waals surface area contributed by atoms with E-state index in [1.54, 1.807) is 23.1 Å². The Hall–Kier alpha value is -2.09. The van der Waals surface area contributed by atoms with Crippen LogP contribution in [0.1, 0.15) is 57.9 Å². The van der Waals surface area contributed by atoms with Gasteiger partial charge in [-0.3, -0.25) is 14.4 Å². The van der Waals surface area contributed by atoms with Crippen molar-refractivity contribution < 1.29 is 23.9 Å².